The third-order valence-corrected chi connectivity index (χ3v) is 4.56. The summed E-state index contributed by atoms with van der Waals surface area (Å²) in [5.74, 6) is -0.145. The van der Waals surface area contributed by atoms with Crippen molar-refractivity contribution in [2.45, 2.75) is 76.4 Å². The lowest BCUT2D eigenvalue weighted by atomic mass is 9.84. The second-order valence-electron chi connectivity index (χ2n) is 6.16. The Morgan fingerprint density at radius 2 is 1.60 bits per heavy atom. The van der Waals surface area contributed by atoms with Gasteiger partial charge in [-0.05, 0) is 51.0 Å². The van der Waals surface area contributed by atoms with Gasteiger partial charge in [-0.2, -0.15) is 0 Å². The van der Waals surface area contributed by atoms with Crippen LogP contribution in [-0.2, 0) is 9.53 Å². The van der Waals surface area contributed by atoms with E-state index in [1.807, 2.05) is 0 Å². The van der Waals surface area contributed by atoms with Crippen LogP contribution in [-0.4, -0.2) is 23.2 Å². The highest BCUT2D eigenvalue weighted by molar-refractivity contribution is 5.74. The molecule has 0 aromatic heterocycles. The van der Waals surface area contributed by atoms with Crippen molar-refractivity contribution in [1.29, 1.82) is 0 Å². The summed E-state index contributed by atoms with van der Waals surface area (Å²) in [5.41, 5.74) is 0. The third-order valence-electron chi connectivity index (χ3n) is 4.56. The Hall–Kier alpha value is -1.19. The standard InChI is InChI=1S/C16H27NO3/c1-12(20-14-10-6-3-7-11-14)17-15(16(18)19)13-8-4-2-5-9-13/h13-15,17H,1-11H2,(H,18,19)/t15-/m0/s1. The fourth-order valence-electron chi connectivity index (χ4n) is 3.44. The molecule has 0 unspecified atom stereocenters. The predicted molar refractivity (Wildman–Crippen MR) is 78.2 cm³/mol. The molecular weight excluding hydrogens is 254 g/mol. The van der Waals surface area contributed by atoms with Gasteiger partial charge in [0.05, 0.1) is 0 Å². The molecule has 0 aromatic carbocycles. The zero-order valence-electron chi connectivity index (χ0n) is 12.3. The lowest BCUT2D eigenvalue weighted by Gasteiger charge is -2.31. The second-order valence-corrected chi connectivity index (χ2v) is 6.16. The van der Waals surface area contributed by atoms with Crippen LogP contribution in [0.1, 0.15) is 64.2 Å². The van der Waals surface area contributed by atoms with Gasteiger partial charge in [-0.3, -0.25) is 0 Å². The summed E-state index contributed by atoms with van der Waals surface area (Å²) >= 11 is 0. The van der Waals surface area contributed by atoms with Crippen molar-refractivity contribution in [2.24, 2.45) is 5.92 Å². The fraction of sp³-hybridized carbons (Fsp3) is 0.812. The van der Waals surface area contributed by atoms with E-state index >= 15 is 0 Å². The molecule has 1 atom stereocenters. The van der Waals surface area contributed by atoms with Crippen molar-refractivity contribution >= 4 is 5.97 Å². The molecule has 0 amide bonds. The van der Waals surface area contributed by atoms with Crippen LogP contribution in [0, 0.1) is 5.92 Å². The molecule has 0 saturated heterocycles. The number of aliphatic carboxylic acids is 1. The molecule has 0 aliphatic heterocycles. The Labute approximate surface area is 121 Å². The van der Waals surface area contributed by atoms with Gasteiger partial charge in [-0.25, -0.2) is 4.79 Å². The number of carboxylic acid groups (broad SMARTS) is 1. The van der Waals surface area contributed by atoms with Gasteiger partial charge in [0.2, 0.25) is 0 Å². The Bertz CT molecular complexity index is 331. The summed E-state index contributed by atoms with van der Waals surface area (Å²) in [7, 11) is 0. The molecule has 0 spiro atoms. The number of ether oxygens (including phenoxy) is 1. The maximum absolute atomic E-state index is 11.5. The van der Waals surface area contributed by atoms with E-state index in [9.17, 15) is 9.90 Å². The molecule has 0 aromatic rings. The van der Waals surface area contributed by atoms with Crippen molar-refractivity contribution in [3.63, 3.8) is 0 Å². The number of hydrogen-bond acceptors (Lipinski definition) is 3. The molecule has 20 heavy (non-hydrogen) atoms. The van der Waals surface area contributed by atoms with E-state index < -0.39 is 12.0 Å². The normalized spacial score (nSPS) is 23.0. The summed E-state index contributed by atoms with van der Waals surface area (Å²) < 4.78 is 5.79. The van der Waals surface area contributed by atoms with Crippen molar-refractivity contribution in [1.82, 2.24) is 5.32 Å². The molecule has 2 aliphatic carbocycles. The number of nitrogens with one attached hydrogen (secondary N) is 1. The van der Waals surface area contributed by atoms with E-state index in [4.69, 9.17) is 4.74 Å². The molecule has 114 valence electrons. The highest BCUT2D eigenvalue weighted by atomic mass is 16.5. The number of rotatable bonds is 6. The minimum atomic E-state index is -0.787. The van der Waals surface area contributed by atoms with Gasteiger partial charge in [0.1, 0.15) is 12.1 Å². The van der Waals surface area contributed by atoms with Crippen molar-refractivity contribution in [3.8, 4) is 0 Å². The summed E-state index contributed by atoms with van der Waals surface area (Å²) in [6, 6.07) is -0.550. The zero-order chi connectivity index (χ0) is 14.4. The van der Waals surface area contributed by atoms with E-state index in [1.54, 1.807) is 0 Å². The number of carboxylic acids is 1. The van der Waals surface area contributed by atoms with E-state index in [2.05, 4.69) is 11.9 Å². The van der Waals surface area contributed by atoms with Gasteiger partial charge < -0.3 is 15.2 Å². The van der Waals surface area contributed by atoms with E-state index in [1.165, 1.54) is 25.7 Å². The van der Waals surface area contributed by atoms with Crippen LogP contribution in [0.3, 0.4) is 0 Å². The largest absolute Gasteiger partial charge is 0.480 e. The van der Waals surface area contributed by atoms with E-state index in [0.717, 1.165) is 38.5 Å². The molecule has 0 bridgehead atoms. The molecule has 0 heterocycles. The molecule has 2 N–H and O–H groups in total. The topological polar surface area (TPSA) is 58.6 Å². The fourth-order valence-corrected chi connectivity index (χ4v) is 3.44. The van der Waals surface area contributed by atoms with Gasteiger partial charge >= 0.3 is 5.97 Å². The van der Waals surface area contributed by atoms with Crippen LogP contribution in [0.15, 0.2) is 12.5 Å². The van der Waals surface area contributed by atoms with Gasteiger partial charge in [-0.1, -0.05) is 25.7 Å². The Kier molecular flexibility index (Phi) is 5.74. The molecule has 4 heteroatoms. The van der Waals surface area contributed by atoms with Crippen LogP contribution in [0.5, 0.6) is 0 Å². The number of carbonyl (C=O) groups is 1. The first-order valence-corrected chi connectivity index (χ1v) is 8.01. The van der Waals surface area contributed by atoms with E-state index in [-0.39, 0.29) is 12.0 Å². The smallest absolute Gasteiger partial charge is 0.326 e. The number of hydrogen-bond donors (Lipinski definition) is 2. The van der Waals surface area contributed by atoms with Gasteiger partial charge in [-0.15, -0.1) is 0 Å². The zero-order valence-corrected chi connectivity index (χ0v) is 12.3. The Morgan fingerprint density at radius 3 is 2.15 bits per heavy atom. The Morgan fingerprint density at radius 1 is 1.05 bits per heavy atom. The van der Waals surface area contributed by atoms with Crippen LogP contribution >= 0.6 is 0 Å². The monoisotopic (exact) mass is 281 g/mol. The molecule has 0 radical (unpaired) electrons. The molecular formula is C16H27NO3. The van der Waals surface area contributed by atoms with Gasteiger partial charge in [0.15, 0.2) is 5.88 Å². The van der Waals surface area contributed by atoms with Crippen LogP contribution in [0.25, 0.3) is 0 Å². The van der Waals surface area contributed by atoms with Crippen LogP contribution < -0.4 is 5.32 Å². The molecule has 2 rings (SSSR count). The first-order chi connectivity index (χ1) is 9.66. The minimum Gasteiger partial charge on any atom is -0.480 e. The quantitative estimate of drug-likeness (QED) is 0.732. The highest BCUT2D eigenvalue weighted by Crippen LogP contribution is 2.27. The van der Waals surface area contributed by atoms with Crippen LogP contribution in [0.4, 0.5) is 0 Å². The SMILES string of the molecule is C=C(N[C@H](C(=O)O)C1CCCCC1)OC1CCCCC1. The third kappa shape index (κ3) is 4.43. The van der Waals surface area contributed by atoms with Crippen molar-refractivity contribution in [3.05, 3.63) is 12.5 Å². The summed E-state index contributed by atoms with van der Waals surface area (Å²) in [4.78, 5) is 11.5. The maximum atomic E-state index is 11.5. The van der Waals surface area contributed by atoms with E-state index in [0.29, 0.717) is 5.88 Å². The summed E-state index contributed by atoms with van der Waals surface area (Å²) in [5, 5.41) is 12.4. The molecule has 2 saturated carbocycles. The average Bonchev–Trinajstić information content (AvgIpc) is 2.46. The van der Waals surface area contributed by atoms with Crippen LogP contribution in [0.2, 0.25) is 0 Å². The van der Waals surface area contributed by atoms with Crippen molar-refractivity contribution < 1.29 is 14.6 Å². The molecule has 4 nitrogen and oxygen atoms in total. The first kappa shape index (κ1) is 15.2. The maximum Gasteiger partial charge on any atom is 0.326 e. The Balaban J connectivity index is 1.83. The average molecular weight is 281 g/mol. The lowest BCUT2D eigenvalue weighted by molar-refractivity contribution is -0.141. The predicted octanol–water partition coefficient (Wildman–Crippen LogP) is 3.43. The molecule has 2 aliphatic rings. The summed E-state index contributed by atoms with van der Waals surface area (Å²) in [6.07, 6.45) is 11.5. The first-order valence-electron chi connectivity index (χ1n) is 8.01. The highest BCUT2D eigenvalue weighted by Gasteiger charge is 2.30. The minimum absolute atomic E-state index is 0.202. The summed E-state index contributed by atoms with van der Waals surface area (Å²) in [6.45, 7) is 3.87. The second kappa shape index (κ2) is 7.55. The molecule has 2 fully saturated rings. The van der Waals surface area contributed by atoms with Gasteiger partial charge in [0.25, 0.3) is 0 Å². The van der Waals surface area contributed by atoms with Gasteiger partial charge in [0, 0.05) is 0 Å². The van der Waals surface area contributed by atoms with Crippen molar-refractivity contribution in [2.75, 3.05) is 0 Å². The lowest BCUT2D eigenvalue weighted by Crippen LogP contribution is -2.44.